The molecule has 0 radical (unpaired) electrons. The monoisotopic (exact) mass is 502 g/mol. The van der Waals surface area contributed by atoms with Crippen LogP contribution in [0.5, 0.6) is 0 Å². The Morgan fingerprint density at radius 3 is 2.69 bits per heavy atom. The number of thioether (sulfide) groups is 1. The van der Waals surface area contributed by atoms with Crippen LogP contribution in [0.25, 0.3) is 11.6 Å². The van der Waals surface area contributed by atoms with Crippen LogP contribution in [0.15, 0.2) is 65.8 Å². The van der Waals surface area contributed by atoms with Gasteiger partial charge < -0.3 is 26.4 Å². The number of hydrazine groups is 1. The minimum absolute atomic E-state index is 0.163. The van der Waals surface area contributed by atoms with Gasteiger partial charge in [0.15, 0.2) is 0 Å². The van der Waals surface area contributed by atoms with Crippen LogP contribution in [0.2, 0.25) is 0 Å². The first-order valence-electron chi connectivity index (χ1n) is 11.6. The molecule has 1 aromatic heterocycles. The number of H-pyrrole nitrogens is 1. The smallest absolute Gasteiger partial charge is 0.256 e. The molecule has 0 unspecified atom stereocenters. The predicted octanol–water partition coefficient (Wildman–Crippen LogP) is 3.75. The summed E-state index contributed by atoms with van der Waals surface area (Å²) in [6.45, 7) is 4.49. The Hall–Kier alpha value is -3.95. The van der Waals surface area contributed by atoms with E-state index < -0.39 is 0 Å². The van der Waals surface area contributed by atoms with Gasteiger partial charge >= 0.3 is 0 Å². The lowest BCUT2D eigenvalue weighted by Gasteiger charge is -2.13. The van der Waals surface area contributed by atoms with Crippen molar-refractivity contribution in [2.24, 2.45) is 11.6 Å². The predicted molar refractivity (Wildman–Crippen MR) is 146 cm³/mol. The summed E-state index contributed by atoms with van der Waals surface area (Å²) in [6.07, 6.45) is 4.68. The second-order valence-electron chi connectivity index (χ2n) is 8.49. The summed E-state index contributed by atoms with van der Waals surface area (Å²) in [5.74, 6) is 6.22. The van der Waals surface area contributed by atoms with Gasteiger partial charge in [-0.05, 0) is 49.2 Å². The van der Waals surface area contributed by atoms with E-state index in [2.05, 4.69) is 27.8 Å². The highest BCUT2D eigenvalue weighted by molar-refractivity contribution is 7.98. The number of fused-ring (bicyclic) bond motifs is 1. The number of benzene rings is 2. The second kappa shape index (κ2) is 11.2. The van der Waals surface area contributed by atoms with E-state index in [1.54, 1.807) is 11.8 Å². The zero-order valence-corrected chi connectivity index (χ0v) is 21.1. The van der Waals surface area contributed by atoms with Gasteiger partial charge in [-0.2, -0.15) is 0 Å². The van der Waals surface area contributed by atoms with Crippen LogP contribution in [0, 0.1) is 13.8 Å². The largest absolute Gasteiger partial charge is 0.403 e. The number of carbonyl (C=O) groups excluding carboxylic acids is 2. The van der Waals surface area contributed by atoms with Gasteiger partial charge in [0.25, 0.3) is 11.8 Å². The highest BCUT2D eigenvalue weighted by atomic mass is 32.2. The molecule has 4 rings (SSSR count). The van der Waals surface area contributed by atoms with E-state index in [9.17, 15) is 9.59 Å². The van der Waals surface area contributed by atoms with Crippen LogP contribution < -0.4 is 22.2 Å². The molecule has 1 aliphatic heterocycles. The van der Waals surface area contributed by atoms with Gasteiger partial charge in [0, 0.05) is 52.2 Å². The van der Waals surface area contributed by atoms with Gasteiger partial charge in [0.2, 0.25) is 0 Å². The Balaban J connectivity index is 1.53. The molecule has 36 heavy (non-hydrogen) atoms. The van der Waals surface area contributed by atoms with E-state index in [1.165, 1.54) is 23.0 Å². The number of rotatable bonds is 9. The number of amides is 2. The summed E-state index contributed by atoms with van der Waals surface area (Å²) in [5, 5.41) is 7.22. The fraction of sp³-hybridized carbons (Fsp3) is 0.185. The number of hydrogen-bond acceptors (Lipinski definition) is 6. The zero-order chi connectivity index (χ0) is 25.7. The Kier molecular flexibility index (Phi) is 7.82. The average Bonchev–Trinajstić information content (AvgIpc) is 3.32. The first-order valence-corrected chi connectivity index (χ1v) is 12.6. The minimum atomic E-state index is -0.202. The number of hydrogen-bond donors (Lipinski definition) is 5. The summed E-state index contributed by atoms with van der Waals surface area (Å²) in [7, 11) is 0. The molecular formula is C27H30N6O2S. The Morgan fingerprint density at radius 1 is 1.17 bits per heavy atom. The van der Waals surface area contributed by atoms with E-state index in [1.807, 2.05) is 56.3 Å². The lowest BCUT2D eigenvalue weighted by Crippen LogP contribution is -2.36. The lowest BCUT2D eigenvalue weighted by atomic mass is 10.0. The van der Waals surface area contributed by atoms with Gasteiger partial charge in [0.05, 0.1) is 17.7 Å². The number of carbonyl (C=O) groups is 2. The Labute approximate surface area is 214 Å². The molecule has 0 aliphatic carbocycles. The maximum Gasteiger partial charge on any atom is 0.256 e. The number of nitrogens with zero attached hydrogens (tertiary/aromatic N) is 1. The quantitative estimate of drug-likeness (QED) is 0.131. The minimum Gasteiger partial charge on any atom is -0.403 e. The summed E-state index contributed by atoms with van der Waals surface area (Å²) in [4.78, 5) is 30.0. The molecule has 2 heterocycles. The SMILES string of the molecule is Cc1[nH]c(/C=C2\C(=O)Nc3ccc(SCc4ccccc4)cc32)c(C)c1C(=O)NCCN(N)/C=C\N. The van der Waals surface area contributed by atoms with Gasteiger partial charge in [-0.15, -0.1) is 11.8 Å². The number of anilines is 1. The van der Waals surface area contributed by atoms with E-state index >= 15 is 0 Å². The van der Waals surface area contributed by atoms with Gasteiger partial charge in [-0.1, -0.05) is 30.3 Å². The standard InChI is InChI=1S/C27H30N6O2S/c1-17-24(31-18(2)25(17)27(35)30-11-13-33(29)12-10-28)15-22-21-14-20(8-9-23(21)32-26(22)34)36-16-19-6-4-3-5-7-19/h3-10,12,14-15,31H,11,13,16,28-29H2,1-2H3,(H,30,35)(H,32,34)/b12-10-,22-15-. The topological polar surface area (TPSA) is 129 Å². The van der Waals surface area contributed by atoms with E-state index in [-0.39, 0.29) is 11.8 Å². The molecule has 9 heteroatoms. The lowest BCUT2D eigenvalue weighted by molar-refractivity contribution is -0.110. The van der Waals surface area contributed by atoms with Crippen molar-refractivity contribution in [3.8, 4) is 0 Å². The fourth-order valence-electron chi connectivity index (χ4n) is 4.12. The van der Waals surface area contributed by atoms with Crippen molar-refractivity contribution in [1.29, 1.82) is 0 Å². The normalized spacial score (nSPS) is 13.8. The van der Waals surface area contributed by atoms with E-state index in [4.69, 9.17) is 11.6 Å². The van der Waals surface area contributed by atoms with Crippen LogP contribution in [0.1, 0.15) is 38.4 Å². The summed E-state index contributed by atoms with van der Waals surface area (Å²) >= 11 is 1.72. The molecule has 8 nitrogen and oxygen atoms in total. The van der Waals surface area contributed by atoms with Crippen LogP contribution in [0.4, 0.5) is 5.69 Å². The Morgan fingerprint density at radius 2 is 1.94 bits per heavy atom. The molecule has 0 saturated carbocycles. The van der Waals surface area contributed by atoms with Crippen molar-refractivity contribution in [3.05, 3.63) is 94.6 Å². The molecule has 0 atom stereocenters. The second-order valence-corrected chi connectivity index (χ2v) is 9.54. The molecule has 0 fully saturated rings. The highest BCUT2D eigenvalue weighted by Crippen LogP contribution is 2.37. The molecule has 0 spiro atoms. The zero-order valence-electron chi connectivity index (χ0n) is 20.3. The summed E-state index contributed by atoms with van der Waals surface area (Å²) in [6, 6.07) is 16.3. The van der Waals surface area contributed by atoms with Crippen molar-refractivity contribution in [2.75, 3.05) is 18.4 Å². The fourth-order valence-corrected chi connectivity index (χ4v) is 5.01. The van der Waals surface area contributed by atoms with Gasteiger partial charge in [-0.25, -0.2) is 5.84 Å². The molecule has 0 bridgehead atoms. The molecule has 2 aromatic carbocycles. The first kappa shape index (κ1) is 25.2. The molecule has 7 N–H and O–H groups in total. The molecule has 3 aromatic rings. The average molecular weight is 503 g/mol. The van der Waals surface area contributed by atoms with Crippen LogP contribution >= 0.6 is 11.8 Å². The van der Waals surface area contributed by atoms with E-state index in [0.29, 0.717) is 24.2 Å². The van der Waals surface area contributed by atoms with Crippen molar-refractivity contribution < 1.29 is 9.59 Å². The third kappa shape index (κ3) is 5.64. The van der Waals surface area contributed by atoms with Crippen LogP contribution in [-0.2, 0) is 10.5 Å². The summed E-state index contributed by atoms with van der Waals surface area (Å²) in [5.41, 5.74) is 11.6. The van der Waals surface area contributed by atoms with Gasteiger partial charge in [-0.3, -0.25) is 9.59 Å². The van der Waals surface area contributed by atoms with Crippen molar-refractivity contribution >= 4 is 40.9 Å². The summed E-state index contributed by atoms with van der Waals surface area (Å²) < 4.78 is 0. The van der Waals surface area contributed by atoms with E-state index in [0.717, 1.165) is 38.9 Å². The first-order chi connectivity index (χ1) is 17.4. The number of nitrogens with two attached hydrogens (primary N) is 2. The maximum atomic E-state index is 12.8. The molecule has 0 saturated heterocycles. The number of aromatic nitrogens is 1. The molecule has 2 amide bonds. The van der Waals surface area contributed by atoms with Crippen molar-refractivity contribution in [3.63, 3.8) is 0 Å². The molecular weight excluding hydrogens is 472 g/mol. The third-order valence-electron chi connectivity index (χ3n) is 5.95. The van der Waals surface area contributed by atoms with Crippen molar-refractivity contribution in [1.82, 2.24) is 15.3 Å². The molecule has 1 aliphatic rings. The maximum absolute atomic E-state index is 12.8. The highest BCUT2D eigenvalue weighted by Gasteiger charge is 2.26. The number of aromatic amines is 1. The van der Waals surface area contributed by atoms with Gasteiger partial charge in [0.1, 0.15) is 0 Å². The molecule has 186 valence electrons. The number of aryl methyl sites for hydroxylation is 1. The van der Waals surface area contributed by atoms with Crippen LogP contribution in [0.3, 0.4) is 0 Å². The third-order valence-corrected chi connectivity index (χ3v) is 7.01. The number of nitrogens with one attached hydrogen (secondary N) is 3. The van der Waals surface area contributed by atoms with Crippen molar-refractivity contribution in [2.45, 2.75) is 24.5 Å². The van der Waals surface area contributed by atoms with Crippen LogP contribution in [-0.4, -0.2) is 34.9 Å². The Bertz CT molecular complexity index is 1330.